The van der Waals surface area contributed by atoms with Gasteiger partial charge in [0.05, 0.1) is 52.9 Å². The van der Waals surface area contributed by atoms with Crippen molar-refractivity contribution in [3.63, 3.8) is 0 Å². The van der Waals surface area contributed by atoms with E-state index in [1.165, 1.54) is 0 Å². The molecule has 1 atom stereocenters. The molecule has 0 fully saturated rings. The van der Waals surface area contributed by atoms with E-state index in [1.807, 2.05) is 0 Å². The molecule has 0 aromatic rings. The van der Waals surface area contributed by atoms with Gasteiger partial charge in [0.25, 0.3) is 0 Å². The van der Waals surface area contributed by atoms with Crippen molar-refractivity contribution in [1.29, 1.82) is 0 Å². The van der Waals surface area contributed by atoms with E-state index < -0.39 is 12.4 Å². The Morgan fingerprint density at radius 1 is 0.778 bits per heavy atom. The van der Waals surface area contributed by atoms with Gasteiger partial charge < -0.3 is 34.3 Å². The largest absolute Gasteiger partial charge is 0.394 e. The van der Waals surface area contributed by atoms with Gasteiger partial charge in [0.1, 0.15) is 6.10 Å². The second-order valence-electron chi connectivity index (χ2n) is 3.52. The van der Waals surface area contributed by atoms with Crippen LogP contribution in [0.1, 0.15) is 6.92 Å². The Hall–Kier alpha value is -0.280. The predicted octanol–water partition coefficient (Wildman–Crippen LogP) is -1.26. The van der Waals surface area contributed by atoms with Gasteiger partial charge in [0.2, 0.25) is 0 Å². The highest BCUT2D eigenvalue weighted by molar-refractivity contribution is 4.53. The molecular weight excluding hydrogens is 244 g/mol. The molecule has 0 rings (SSSR count). The van der Waals surface area contributed by atoms with E-state index in [1.54, 1.807) is 6.92 Å². The van der Waals surface area contributed by atoms with Crippen molar-refractivity contribution >= 4 is 0 Å². The third-order valence-corrected chi connectivity index (χ3v) is 1.88. The smallest absolute Gasteiger partial charge is 0.183 e. The first-order chi connectivity index (χ1) is 8.72. The van der Waals surface area contributed by atoms with Gasteiger partial charge in [-0.25, -0.2) is 0 Å². The van der Waals surface area contributed by atoms with Gasteiger partial charge >= 0.3 is 0 Å². The van der Waals surface area contributed by atoms with Gasteiger partial charge in [-0.15, -0.1) is 0 Å². The van der Waals surface area contributed by atoms with Crippen LogP contribution in [0.25, 0.3) is 0 Å². The van der Waals surface area contributed by atoms with Crippen molar-refractivity contribution in [2.45, 2.75) is 19.3 Å². The second kappa shape index (κ2) is 13.2. The van der Waals surface area contributed by atoms with Gasteiger partial charge in [-0.3, -0.25) is 0 Å². The van der Waals surface area contributed by atoms with Crippen molar-refractivity contribution in [2.75, 3.05) is 52.9 Å². The molecule has 0 aromatic heterocycles. The number of hydrogen-bond donors (Lipinski definition) is 3. The van der Waals surface area contributed by atoms with Gasteiger partial charge in [-0.05, 0) is 6.92 Å². The fourth-order valence-corrected chi connectivity index (χ4v) is 1.11. The summed E-state index contributed by atoms with van der Waals surface area (Å²) in [6.07, 6.45) is -1.50. The van der Waals surface area contributed by atoms with Crippen molar-refractivity contribution < 1.29 is 34.3 Å². The lowest BCUT2D eigenvalue weighted by molar-refractivity contribution is -0.200. The molecule has 0 heterocycles. The standard InChI is InChI=1S/C11H24O7/c1-10(14)11(17-8-6-15-4-2-12)18-9-7-16-5-3-13/h10-14H,2-9H2,1H3. The summed E-state index contributed by atoms with van der Waals surface area (Å²) in [6.45, 7) is 3.23. The van der Waals surface area contributed by atoms with Crippen molar-refractivity contribution in [3.8, 4) is 0 Å². The third kappa shape index (κ3) is 10.8. The number of ether oxygens (including phenoxy) is 4. The summed E-state index contributed by atoms with van der Waals surface area (Å²) in [6, 6.07) is 0. The van der Waals surface area contributed by atoms with Gasteiger partial charge in [-0.1, -0.05) is 0 Å². The Labute approximate surface area is 107 Å². The molecule has 0 amide bonds. The summed E-state index contributed by atoms with van der Waals surface area (Å²) in [7, 11) is 0. The van der Waals surface area contributed by atoms with Crippen LogP contribution < -0.4 is 0 Å². The Morgan fingerprint density at radius 3 is 1.56 bits per heavy atom. The van der Waals surface area contributed by atoms with Crippen molar-refractivity contribution in [2.24, 2.45) is 0 Å². The van der Waals surface area contributed by atoms with Crippen LogP contribution in [0.4, 0.5) is 0 Å². The molecular formula is C11H24O7. The molecule has 0 aliphatic carbocycles. The molecule has 3 N–H and O–H groups in total. The predicted molar refractivity (Wildman–Crippen MR) is 63.2 cm³/mol. The first kappa shape index (κ1) is 17.7. The maximum Gasteiger partial charge on any atom is 0.183 e. The highest BCUT2D eigenvalue weighted by Crippen LogP contribution is 2.01. The summed E-state index contributed by atoms with van der Waals surface area (Å²) in [5.41, 5.74) is 0. The van der Waals surface area contributed by atoms with Crippen molar-refractivity contribution in [3.05, 3.63) is 0 Å². The number of rotatable bonds is 13. The molecule has 0 aliphatic rings. The fraction of sp³-hybridized carbons (Fsp3) is 1.00. The molecule has 7 nitrogen and oxygen atoms in total. The topological polar surface area (TPSA) is 97.6 Å². The van der Waals surface area contributed by atoms with Crippen LogP contribution in [-0.2, 0) is 18.9 Å². The molecule has 7 heteroatoms. The lowest BCUT2D eigenvalue weighted by Gasteiger charge is -2.21. The third-order valence-electron chi connectivity index (χ3n) is 1.88. The second-order valence-corrected chi connectivity index (χ2v) is 3.52. The minimum Gasteiger partial charge on any atom is -0.394 e. The molecule has 110 valence electrons. The van der Waals surface area contributed by atoms with E-state index >= 15 is 0 Å². The van der Waals surface area contributed by atoms with Gasteiger partial charge in [0, 0.05) is 0 Å². The van der Waals surface area contributed by atoms with Crippen LogP contribution in [-0.4, -0.2) is 80.6 Å². The van der Waals surface area contributed by atoms with Crippen LogP contribution in [0.2, 0.25) is 0 Å². The zero-order chi connectivity index (χ0) is 13.6. The molecule has 0 saturated carbocycles. The summed E-state index contributed by atoms with van der Waals surface area (Å²) in [5.74, 6) is 0. The van der Waals surface area contributed by atoms with Gasteiger partial charge in [0.15, 0.2) is 6.29 Å². The normalized spacial score (nSPS) is 13.2. The molecule has 0 radical (unpaired) electrons. The van der Waals surface area contributed by atoms with E-state index in [0.29, 0.717) is 13.2 Å². The number of aliphatic hydroxyl groups excluding tert-OH is 3. The molecule has 0 aliphatic heterocycles. The fourth-order valence-electron chi connectivity index (χ4n) is 1.11. The van der Waals surface area contributed by atoms with E-state index in [4.69, 9.17) is 29.2 Å². The highest BCUT2D eigenvalue weighted by atomic mass is 16.7. The Balaban J connectivity index is 3.53. The van der Waals surface area contributed by atoms with E-state index in [-0.39, 0.29) is 39.6 Å². The molecule has 0 saturated heterocycles. The maximum absolute atomic E-state index is 9.41. The first-order valence-corrected chi connectivity index (χ1v) is 6.00. The zero-order valence-electron chi connectivity index (χ0n) is 10.8. The summed E-state index contributed by atoms with van der Waals surface area (Å²) in [4.78, 5) is 0. The van der Waals surface area contributed by atoms with Crippen LogP contribution in [0.5, 0.6) is 0 Å². The SMILES string of the molecule is CC(O)C(OCCOCCO)OCCOCCO. The quantitative estimate of drug-likeness (QED) is 0.283. The average molecular weight is 268 g/mol. The minimum absolute atomic E-state index is 0.0292. The molecule has 0 bridgehead atoms. The summed E-state index contributed by atoms with van der Waals surface area (Å²) >= 11 is 0. The Kier molecular flexibility index (Phi) is 13.0. The lowest BCUT2D eigenvalue weighted by Crippen LogP contribution is -2.32. The first-order valence-electron chi connectivity index (χ1n) is 6.00. The minimum atomic E-state index is -0.763. The zero-order valence-corrected chi connectivity index (χ0v) is 10.8. The summed E-state index contributed by atoms with van der Waals surface area (Å²) < 4.78 is 20.6. The molecule has 1 unspecified atom stereocenters. The Morgan fingerprint density at radius 2 is 1.22 bits per heavy atom. The monoisotopic (exact) mass is 268 g/mol. The number of hydrogen-bond acceptors (Lipinski definition) is 7. The van der Waals surface area contributed by atoms with Crippen LogP contribution in [0, 0.1) is 0 Å². The molecule has 0 spiro atoms. The van der Waals surface area contributed by atoms with Gasteiger partial charge in [-0.2, -0.15) is 0 Å². The van der Waals surface area contributed by atoms with Crippen LogP contribution in [0.3, 0.4) is 0 Å². The van der Waals surface area contributed by atoms with E-state index in [0.717, 1.165) is 0 Å². The maximum atomic E-state index is 9.41. The molecule has 18 heavy (non-hydrogen) atoms. The average Bonchev–Trinajstić information content (AvgIpc) is 2.35. The van der Waals surface area contributed by atoms with E-state index in [9.17, 15) is 5.11 Å². The number of aliphatic hydroxyl groups is 3. The van der Waals surface area contributed by atoms with E-state index in [2.05, 4.69) is 0 Å². The summed E-state index contributed by atoms with van der Waals surface area (Å²) in [5, 5.41) is 26.4. The van der Waals surface area contributed by atoms with Crippen molar-refractivity contribution in [1.82, 2.24) is 0 Å². The Bertz CT molecular complexity index is 151. The van der Waals surface area contributed by atoms with Crippen LogP contribution in [0.15, 0.2) is 0 Å². The van der Waals surface area contributed by atoms with Crippen LogP contribution >= 0.6 is 0 Å². The highest BCUT2D eigenvalue weighted by Gasteiger charge is 2.15. The lowest BCUT2D eigenvalue weighted by atomic mass is 10.4. The molecule has 0 aromatic carbocycles.